The fourth-order valence-corrected chi connectivity index (χ4v) is 3.86. The molecule has 0 saturated carbocycles. The highest BCUT2D eigenvalue weighted by molar-refractivity contribution is 5.92. The number of carbonyl (C=O) groups excluding carboxylic acids is 3. The lowest BCUT2D eigenvalue weighted by molar-refractivity contribution is -0.133. The second-order valence-electron chi connectivity index (χ2n) is 9.01. The zero-order valence-electron chi connectivity index (χ0n) is 21.0. The van der Waals surface area contributed by atoms with Gasteiger partial charge in [0, 0.05) is 12.8 Å². The molecule has 4 N–H and O–H groups in total. The molecule has 3 amide bonds. The summed E-state index contributed by atoms with van der Waals surface area (Å²) in [6, 6.07) is 17.0. The van der Waals surface area contributed by atoms with Crippen molar-refractivity contribution in [1.29, 1.82) is 0 Å². The molecule has 4 atom stereocenters. The molecule has 0 aliphatic carbocycles. The van der Waals surface area contributed by atoms with Gasteiger partial charge in [0.15, 0.2) is 0 Å². The van der Waals surface area contributed by atoms with Gasteiger partial charge in [0.1, 0.15) is 12.1 Å². The topological polar surface area (TPSA) is 108 Å². The molecule has 0 aliphatic heterocycles. The molecule has 190 valence electrons. The Morgan fingerprint density at radius 1 is 0.800 bits per heavy atom. The summed E-state index contributed by atoms with van der Waals surface area (Å²) in [6.45, 7) is 5.54. The highest BCUT2D eigenvalue weighted by atomic mass is 16.3. The Morgan fingerprint density at radius 3 is 1.89 bits per heavy atom. The Hall–Kier alpha value is -3.19. The Bertz CT molecular complexity index is 920. The lowest BCUT2D eigenvalue weighted by atomic mass is 9.96. The molecule has 7 heteroatoms. The number of aliphatic hydroxyl groups is 1. The number of nitrogens with one attached hydrogen (secondary N) is 3. The van der Waals surface area contributed by atoms with Crippen LogP contribution in [-0.4, -0.2) is 47.6 Å². The molecule has 0 spiro atoms. The number of benzene rings is 2. The van der Waals surface area contributed by atoms with Crippen LogP contribution in [0, 0.1) is 5.92 Å². The zero-order chi connectivity index (χ0) is 25.6. The van der Waals surface area contributed by atoms with Crippen molar-refractivity contribution >= 4 is 17.7 Å². The van der Waals surface area contributed by atoms with Gasteiger partial charge in [-0.1, -0.05) is 87.9 Å². The van der Waals surface area contributed by atoms with Gasteiger partial charge in [-0.25, -0.2) is 0 Å². The normalized spacial score (nSPS) is 14.3. The Balaban J connectivity index is 2.14. The van der Waals surface area contributed by atoms with E-state index in [1.54, 1.807) is 0 Å². The quantitative estimate of drug-likeness (QED) is 0.333. The third kappa shape index (κ3) is 9.53. The summed E-state index contributed by atoms with van der Waals surface area (Å²) >= 11 is 0. The minimum atomic E-state index is -0.797. The summed E-state index contributed by atoms with van der Waals surface area (Å²) in [6.07, 6.45) is 2.48. The smallest absolute Gasteiger partial charge is 0.243 e. The van der Waals surface area contributed by atoms with Crippen LogP contribution in [0.25, 0.3) is 0 Å². The van der Waals surface area contributed by atoms with Gasteiger partial charge in [-0.3, -0.25) is 14.4 Å². The fraction of sp³-hybridized carbons (Fsp3) is 0.464. The summed E-state index contributed by atoms with van der Waals surface area (Å²) in [5.74, 6) is -1.08. The van der Waals surface area contributed by atoms with E-state index in [1.165, 1.54) is 0 Å². The molecule has 2 aromatic carbocycles. The van der Waals surface area contributed by atoms with Crippen LogP contribution in [0.1, 0.15) is 51.2 Å². The Morgan fingerprint density at radius 2 is 1.37 bits per heavy atom. The summed E-state index contributed by atoms with van der Waals surface area (Å²) in [5.41, 5.74) is 1.91. The van der Waals surface area contributed by atoms with Gasteiger partial charge in [0.05, 0.1) is 12.6 Å². The molecule has 2 aromatic rings. The number of hydrogen-bond donors (Lipinski definition) is 4. The van der Waals surface area contributed by atoms with E-state index in [0.29, 0.717) is 32.1 Å². The van der Waals surface area contributed by atoms with Crippen LogP contribution in [0.15, 0.2) is 60.7 Å². The van der Waals surface area contributed by atoms with Crippen LogP contribution in [0.2, 0.25) is 0 Å². The maximum Gasteiger partial charge on any atom is 0.243 e. The lowest BCUT2D eigenvalue weighted by Gasteiger charge is -2.28. The molecule has 0 fully saturated rings. The SMILES string of the molecule is CCCC(=O)NC(Cc1ccccc1)C(=O)NC(C(=O)NC(CO)Cc1ccccc1)C(C)CC. The summed E-state index contributed by atoms with van der Waals surface area (Å²) in [7, 11) is 0. The number of hydrogen-bond acceptors (Lipinski definition) is 4. The predicted molar refractivity (Wildman–Crippen MR) is 138 cm³/mol. The van der Waals surface area contributed by atoms with Crippen molar-refractivity contribution in [2.24, 2.45) is 5.92 Å². The number of carbonyl (C=O) groups is 3. The molecule has 0 aliphatic rings. The molecule has 0 radical (unpaired) electrons. The number of amides is 3. The summed E-state index contributed by atoms with van der Waals surface area (Å²) in [4.78, 5) is 38.9. The van der Waals surface area contributed by atoms with Crippen molar-refractivity contribution in [2.45, 2.75) is 71.0 Å². The average molecular weight is 482 g/mol. The fourth-order valence-electron chi connectivity index (χ4n) is 3.86. The maximum absolute atomic E-state index is 13.3. The minimum Gasteiger partial charge on any atom is -0.394 e. The van der Waals surface area contributed by atoms with Crippen LogP contribution < -0.4 is 16.0 Å². The van der Waals surface area contributed by atoms with Crippen LogP contribution in [0.5, 0.6) is 0 Å². The van der Waals surface area contributed by atoms with Gasteiger partial charge in [0.2, 0.25) is 17.7 Å². The van der Waals surface area contributed by atoms with Gasteiger partial charge in [-0.2, -0.15) is 0 Å². The van der Waals surface area contributed by atoms with Crippen LogP contribution in [-0.2, 0) is 27.2 Å². The van der Waals surface area contributed by atoms with E-state index in [0.717, 1.165) is 11.1 Å². The second-order valence-corrected chi connectivity index (χ2v) is 9.01. The first-order valence-electron chi connectivity index (χ1n) is 12.5. The summed E-state index contributed by atoms with van der Waals surface area (Å²) in [5, 5.41) is 18.5. The van der Waals surface area contributed by atoms with Crippen molar-refractivity contribution < 1.29 is 19.5 Å². The predicted octanol–water partition coefficient (Wildman–Crippen LogP) is 2.76. The van der Waals surface area contributed by atoms with E-state index in [-0.39, 0.29) is 24.3 Å². The molecule has 4 unspecified atom stereocenters. The zero-order valence-corrected chi connectivity index (χ0v) is 21.0. The van der Waals surface area contributed by atoms with E-state index >= 15 is 0 Å². The molecule has 0 heterocycles. The Kier molecular flexibility index (Phi) is 12.0. The number of rotatable bonds is 14. The highest BCUT2D eigenvalue weighted by Crippen LogP contribution is 2.11. The molecule has 2 rings (SSSR count). The Labute approximate surface area is 208 Å². The van der Waals surface area contributed by atoms with Crippen molar-refractivity contribution in [3.8, 4) is 0 Å². The summed E-state index contributed by atoms with van der Waals surface area (Å²) < 4.78 is 0. The largest absolute Gasteiger partial charge is 0.394 e. The van der Waals surface area contributed by atoms with E-state index in [9.17, 15) is 19.5 Å². The third-order valence-electron chi connectivity index (χ3n) is 6.10. The van der Waals surface area contributed by atoms with Crippen LogP contribution >= 0.6 is 0 Å². The van der Waals surface area contributed by atoms with Crippen LogP contribution in [0.4, 0.5) is 0 Å². The molecule has 0 aromatic heterocycles. The van der Waals surface area contributed by atoms with Crippen LogP contribution in [0.3, 0.4) is 0 Å². The third-order valence-corrected chi connectivity index (χ3v) is 6.10. The first-order valence-corrected chi connectivity index (χ1v) is 12.5. The average Bonchev–Trinajstić information content (AvgIpc) is 2.87. The van der Waals surface area contributed by atoms with Crippen molar-refractivity contribution in [2.75, 3.05) is 6.61 Å². The van der Waals surface area contributed by atoms with Gasteiger partial charge in [-0.15, -0.1) is 0 Å². The van der Waals surface area contributed by atoms with Gasteiger partial charge >= 0.3 is 0 Å². The highest BCUT2D eigenvalue weighted by Gasteiger charge is 2.31. The van der Waals surface area contributed by atoms with Crippen molar-refractivity contribution in [1.82, 2.24) is 16.0 Å². The van der Waals surface area contributed by atoms with E-state index < -0.39 is 24.0 Å². The first-order chi connectivity index (χ1) is 16.9. The maximum atomic E-state index is 13.3. The lowest BCUT2D eigenvalue weighted by Crippen LogP contribution is -2.57. The van der Waals surface area contributed by atoms with E-state index in [4.69, 9.17) is 0 Å². The van der Waals surface area contributed by atoms with Crippen molar-refractivity contribution in [3.63, 3.8) is 0 Å². The van der Waals surface area contributed by atoms with E-state index in [2.05, 4.69) is 16.0 Å². The molecule has 35 heavy (non-hydrogen) atoms. The standard InChI is InChI=1S/C28H39N3O4/c1-4-12-25(33)30-24(18-22-15-10-7-11-16-22)27(34)31-26(20(3)5-2)28(35)29-23(19-32)17-21-13-8-6-9-14-21/h6-11,13-16,20,23-24,26,32H,4-5,12,17-19H2,1-3H3,(H,29,35)(H,30,33)(H,31,34). The minimum absolute atomic E-state index is 0.140. The van der Waals surface area contributed by atoms with E-state index in [1.807, 2.05) is 81.4 Å². The molecular formula is C28H39N3O4. The molecule has 0 saturated heterocycles. The molecular weight excluding hydrogens is 442 g/mol. The first kappa shape index (κ1) is 28.1. The van der Waals surface area contributed by atoms with Gasteiger partial charge in [0.25, 0.3) is 0 Å². The van der Waals surface area contributed by atoms with Gasteiger partial charge in [-0.05, 0) is 29.9 Å². The molecule has 0 bridgehead atoms. The number of aliphatic hydroxyl groups excluding tert-OH is 1. The van der Waals surface area contributed by atoms with Crippen molar-refractivity contribution in [3.05, 3.63) is 71.8 Å². The molecule has 7 nitrogen and oxygen atoms in total. The monoisotopic (exact) mass is 481 g/mol. The second kappa shape index (κ2) is 14.9. The van der Waals surface area contributed by atoms with Gasteiger partial charge < -0.3 is 21.1 Å².